The normalized spacial score (nSPS) is 14.5. The van der Waals surface area contributed by atoms with Gasteiger partial charge in [-0.25, -0.2) is 4.99 Å². The van der Waals surface area contributed by atoms with E-state index in [1.54, 1.807) is 18.6 Å². The second-order valence-electron chi connectivity index (χ2n) is 10.2. The Bertz CT molecular complexity index is 2030. The van der Waals surface area contributed by atoms with Crippen molar-refractivity contribution in [3.05, 3.63) is 156 Å². The van der Waals surface area contributed by atoms with Crippen LogP contribution in [0.3, 0.4) is 0 Å². The fraction of sp³-hybridized carbons (Fsp3) is 0.114. The van der Waals surface area contributed by atoms with Gasteiger partial charge in [0.1, 0.15) is 18.1 Å². The molecule has 1 aliphatic rings. The molecule has 1 atom stereocenters. The van der Waals surface area contributed by atoms with Crippen LogP contribution in [0.25, 0.3) is 6.08 Å². The average molecular weight is 622 g/mol. The number of methoxy groups -OCH3 is 1. The fourth-order valence-electron chi connectivity index (χ4n) is 5.02. The van der Waals surface area contributed by atoms with Crippen molar-refractivity contribution in [2.75, 3.05) is 12.4 Å². The molecule has 0 bridgehead atoms. The number of hydrogen-bond acceptors (Lipinski definition) is 6. The van der Waals surface area contributed by atoms with Gasteiger partial charge in [0.05, 0.1) is 29.0 Å². The number of thiazole rings is 1. The number of amides is 1. The molecule has 0 saturated carbocycles. The largest absolute Gasteiger partial charge is 0.497 e. The molecule has 0 radical (unpaired) electrons. The van der Waals surface area contributed by atoms with Gasteiger partial charge in [0.25, 0.3) is 11.5 Å². The molecule has 44 heavy (non-hydrogen) atoms. The Morgan fingerprint density at radius 2 is 1.73 bits per heavy atom. The minimum absolute atomic E-state index is 0.234. The number of benzene rings is 4. The zero-order valence-electron chi connectivity index (χ0n) is 24.0. The number of aromatic nitrogens is 1. The molecule has 0 saturated heterocycles. The highest BCUT2D eigenvalue weighted by Gasteiger charge is 2.32. The summed E-state index contributed by atoms with van der Waals surface area (Å²) in [6.07, 6.45) is 1.83. The van der Waals surface area contributed by atoms with Crippen molar-refractivity contribution < 1.29 is 14.3 Å². The Morgan fingerprint density at radius 1 is 0.977 bits per heavy atom. The number of anilines is 1. The first-order valence-corrected chi connectivity index (χ1v) is 15.1. The van der Waals surface area contributed by atoms with Crippen molar-refractivity contribution in [1.29, 1.82) is 0 Å². The molecule has 7 nitrogen and oxygen atoms in total. The summed E-state index contributed by atoms with van der Waals surface area (Å²) in [5.41, 5.74) is 3.95. The topological polar surface area (TPSA) is 81.9 Å². The van der Waals surface area contributed by atoms with Crippen LogP contribution < -0.4 is 29.7 Å². The molecule has 1 N–H and O–H groups in total. The molecule has 0 unspecified atom stereocenters. The lowest BCUT2D eigenvalue weighted by atomic mass is 9.95. The van der Waals surface area contributed by atoms with Crippen molar-refractivity contribution in [1.82, 2.24) is 4.57 Å². The molecule has 2 heterocycles. The standard InChI is InChI=1S/C35H28ClN3O4S/c1-22-31(33(40)38-27-8-4-3-5-9-27)32(25-7-6-10-29(20-25)42-2)39-34(41)30(44-35(39)37-22)19-23-13-17-28(18-14-23)43-21-24-11-15-26(36)16-12-24/h3-20,32H,21H2,1-2H3,(H,38,40)/b30-19-/t32-/m0/s1. The van der Waals surface area contributed by atoms with Crippen molar-refractivity contribution in [3.8, 4) is 11.5 Å². The maximum atomic E-state index is 14.0. The number of carbonyl (C=O) groups is 1. The van der Waals surface area contributed by atoms with Crippen molar-refractivity contribution in [2.45, 2.75) is 19.6 Å². The second-order valence-corrected chi connectivity index (χ2v) is 11.6. The Hall–Kier alpha value is -4.92. The number of carbonyl (C=O) groups excluding carboxylic acids is 1. The van der Waals surface area contributed by atoms with E-state index < -0.39 is 6.04 Å². The molecule has 1 amide bonds. The first-order valence-electron chi connectivity index (χ1n) is 13.9. The third-order valence-corrected chi connectivity index (χ3v) is 8.44. The van der Waals surface area contributed by atoms with E-state index in [0.29, 0.717) is 49.4 Å². The van der Waals surface area contributed by atoms with E-state index >= 15 is 0 Å². The summed E-state index contributed by atoms with van der Waals surface area (Å²) in [5, 5.41) is 3.65. The van der Waals surface area contributed by atoms with Crippen molar-refractivity contribution >= 4 is 40.6 Å². The molecule has 1 aliphatic heterocycles. The lowest BCUT2D eigenvalue weighted by Gasteiger charge is -2.25. The molecular formula is C35H28ClN3O4S. The number of nitrogens with one attached hydrogen (secondary N) is 1. The van der Waals surface area contributed by atoms with Crippen molar-refractivity contribution in [3.63, 3.8) is 0 Å². The van der Waals surface area contributed by atoms with E-state index in [9.17, 15) is 9.59 Å². The van der Waals surface area contributed by atoms with E-state index in [0.717, 1.165) is 16.7 Å². The molecule has 0 aliphatic carbocycles. The summed E-state index contributed by atoms with van der Waals surface area (Å²) in [4.78, 5) is 33.0. The van der Waals surface area contributed by atoms with Crippen LogP contribution in [-0.2, 0) is 11.4 Å². The van der Waals surface area contributed by atoms with E-state index in [1.165, 1.54) is 11.3 Å². The number of halogens is 1. The van der Waals surface area contributed by atoms with Crippen LogP contribution in [0.2, 0.25) is 5.02 Å². The minimum atomic E-state index is -0.698. The highest BCUT2D eigenvalue weighted by molar-refractivity contribution is 7.07. The summed E-state index contributed by atoms with van der Waals surface area (Å²) < 4.78 is 13.5. The second kappa shape index (κ2) is 12.8. The predicted octanol–water partition coefficient (Wildman–Crippen LogP) is 6.11. The summed E-state index contributed by atoms with van der Waals surface area (Å²) in [6, 6.07) is 31.0. The third-order valence-electron chi connectivity index (χ3n) is 7.20. The lowest BCUT2D eigenvalue weighted by molar-refractivity contribution is -0.113. The van der Waals surface area contributed by atoms with Crippen LogP contribution in [0.15, 0.2) is 124 Å². The Balaban J connectivity index is 1.35. The summed E-state index contributed by atoms with van der Waals surface area (Å²) in [6.45, 7) is 2.21. The number of allylic oxidation sites excluding steroid dienone is 1. The van der Waals surface area contributed by atoms with Gasteiger partial charge in [0, 0.05) is 10.7 Å². The zero-order chi connectivity index (χ0) is 30.6. The molecule has 6 rings (SSSR count). The van der Waals surface area contributed by atoms with E-state index in [2.05, 4.69) is 5.32 Å². The number of nitrogens with zero attached hydrogens (tertiary/aromatic N) is 2. The van der Waals surface area contributed by atoms with Crippen LogP contribution in [0.1, 0.15) is 29.7 Å². The van der Waals surface area contributed by atoms with Gasteiger partial charge in [-0.3, -0.25) is 14.2 Å². The monoisotopic (exact) mass is 621 g/mol. The summed E-state index contributed by atoms with van der Waals surface area (Å²) in [5.74, 6) is 1.01. The van der Waals surface area contributed by atoms with E-state index in [1.807, 2.05) is 109 Å². The summed E-state index contributed by atoms with van der Waals surface area (Å²) in [7, 11) is 1.59. The average Bonchev–Trinajstić information content (AvgIpc) is 3.34. The maximum absolute atomic E-state index is 14.0. The molecular weight excluding hydrogens is 594 g/mol. The first-order chi connectivity index (χ1) is 21.4. The van der Waals surface area contributed by atoms with Gasteiger partial charge >= 0.3 is 0 Å². The molecule has 220 valence electrons. The smallest absolute Gasteiger partial charge is 0.271 e. The number of rotatable bonds is 8. The molecule has 0 fully saturated rings. The lowest BCUT2D eigenvalue weighted by Crippen LogP contribution is -2.40. The van der Waals surface area contributed by atoms with Gasteiger partial charge < -0.3 is 14.8 Å². The molecule has 9 heteroatoms. The highest BCUT2D eigenvalue weighted by Crippen LogP contribution is 2.32. The SMILES string of the molecule is COc1cccc([C@H]2C(C(=O)Nc3ccccc3)=C(C)N=c3s/c(=C\c4ccc(OCc5ccc(Cl)cc5)cc4)c(=O)n32)c1. The van der Waals surface area contributed by atoms with Gasteiger partial charge in [0.15, 0.2) is 4.80 Å². The van der Waals surface area contributed by atoms with Crippen LogP contribution in [0.4, 0.5) is 5.69 Å². The number of fused-ring (bicyclic) bond motifs is 1. The van der Waals surface area contributed by atoms with Gasteiger partial charge in [-0.2, -0.15) is 0 Å². The first kappa shape index (κ1) is 29.2. The summed E-state index contributed by atoms with van der Waals surface area (Å²) >= 11 is 7.26. The number of ether oxygens (including phenoxy) is 2. The fourth-order valence-corrected chi connectivity index (χ4v) is 6.19. The quantitative estimate of drug-likeness (QED) is 0.227. The van der Waals surface area contributed by atoms with Gasteiger partial charge in [0.2, 0.25) is 0 Å². The highest BCUT2D eigenvalue weighted by atomic mass is 35.5. The predicted molar refractivity (Wildman–Crippen MR) is 174 cm³/mol. The van der Waals surface area contributed by atoms with Crippen LogP contribution in [-0.4, -0.2) is 17.6 Å². The van der Waals surface area contributed by atoms with E-state index in [-0.39, 0.29) is 11.5 Å². The van der Waals surface area contributed by atoms with Crippen molar-refractivity contribution in [2.24, 2.45) is 4.99 Å². The van der Waals surface area contributed by atoms with Crippen LogP contribution >= 0.6 is 22.9 Å². The Morgan fingerprint density at radius 3 is 2.45 bits per heavy atom. The zero-order valence-corrected chi connectivity index (χ0v) is 25.6. The minimum Gasteiger partial charge on any atom is -0.497 e. The number of para-hydroxylation sites is 1. The van der Waals surface area contributed by atoms with Crippen LogP contribution in [0.5, 0.6) is 11.5 Å². The molecule has 4 aromatic carbocycles. The Labute approximate surface area is 263 Å². The Kier molecular flexibility index (Phi) is 8.45. The molecule has 5 aromatic rings. The van der Waals surface area contributed by atoms with Gasteiger partial charge in [-0.15, -0.1) is 0 Å². The maximum Gasteiger partial charge on any atom is 0.271 e. The molecule has 1 aromatic heterocycles. The van der Waals surface area contributed by atoms with Crippen LogP contribution in [0, 0.1) is 0 Å². The molecule has 0 spiro atoms. The van der Waals surface area contributed by atoms with Gasteiger partial charge in [-0.1, -0.05) is 77.5 Å². The van der Waals surface area contributed by atoms with E-state index in [4.69, 9.17) is 26.1 Å². The third kappa shape index (κ3) is 6.22. The van der Waals surface area contributed by atoms with Gasteiger partial charge in [-0.05, 0) is 78.2 Å². The number of hydrogen-bond donors (Lipinski definition) is 1.